The van der Waals surface area contributed by atoms with Gasteiger partial charge in [0.05, 0.1) is 18.6 Å². The molecule has 0 unspecified atom stereocenters. The number of allylic oxidation sites excluding steroid dienone is 2. The standard InChI is InChI=1S/C28H34O8/c1-14(29)34-19-11-17-24(2,3)18(31)7-9-25(17,4)20-16(30)12-26(5)21(15-8-10-33-13-15)35-23(32)22-28(26,36-22)27(19,20)6/h7-10,13,16-17,19-22,30H,11-12H2,1-6H3/t16-,17-,19+,20+,21-,22+,25-,26-,27+,28+/m0/s1. The first-order valence-electron chi connectivity index (χ1n) is 12.7. The third-order valence-electron chi connectivity index (χ3n) is 10.7. The SMILES string of the molecule is CC(=O)O[C@@H]1C[C@H]2C(C)(C)C(=O)C=C[C@]2(C)[C@H]2[C@@H](O)C[C@@]3(C)[C@H](c4ccoc4)OC(=O)[C@H]4O[C@]43[C@@]21C. The number of carbonyl (C=O) groups excluding carboxylic acids is 3. The number of fused-ring (bicyclic) bond motifs is 3. The summed E-state index contributed by atoms with van der Waals surface area (Å²) >= 11 is 0. The maximum absolute atomic E-state index is 13.3. The second kappa shape index (κ2) is 6.90. The number of ketones is 1. The predicted octanol–water partition coefficient (Wildman–Crippen LogP) is 3.53. The van der Waals surface area contributed by atoms with Crippen LogP contribution in [0.5, 0.6) is 0 Å². The molecule has 0 aromatic carbocycles. The largest absolute Gasteiger partial charge is 0.472 e. The predicted molar refractivity (Wildman–Crippen MR) is 125 cm³/mol. The fraction of sp³-hybridized carbons (Fsp3) is 0.679. The van der Waals surface area contributed by atoms with Crippen molar-refractivity contribution in [2.24, 2.45) is 33.5 Å². The zero-order chi connectivity index (χ0) is 26.1. The van der Waals surface area contributed by atoms with Gasteiger partial charge in [-0.2, -0.15) is 0 Å². The minimum absolute atomic E-state index is 0.0188. The van der Waals surface area contributed by atoms with Gasteiger partial charge in [-0.1, -0.05) is 40.7 Å². The van der Waals surface area contributed by atoms with Crippen LogP contribution in [0, 0.1) is 33.5 Å². The number of carbonyl (C=O) groups is 3. The Hall–Kier alpha value is -2.45. The second-order valence-electron chi connectivity index (χ2n) is 12.7. The molecule has 2 saturated heterocycles. The van der Waals surface area contributed by atoms with Crippen molar-refractivity contribution in [3.63, 3.8) is 0 Å². The number of hydrogen-bond acceptors (Lipinski definition) is 8. The van der Waals surface area contributed by atoms with E-state index in [9.17, 15) is 19.5 Å². The summed E-state index contributed by atoms with van der Waals surface area (Å²) in [7, 11) is 0. The summed E-state index contributed by atoms with van der Waals surface area (Å²) in [6, 6.07) is 1.76. The molecule has 1 aromatic heterocycles. The lowest BCUT2D eigenvalue weighted by atomic mass is 9.35. The van der Waals surface area contributed by atoms with Crippen LogP contribution in [0.15, 0.2) is 35.2 Å². The number of furan rings is 1. The van der Waals surface area contributed by atoms with Gasteiger partial charge < -0.3 is 23.7 Å². The third kappa shape index (κ3) is 2.50. The first kappa shape index (κ1) is 23.9. The average Bonchev–Trinajstić information content (AvgIpc) is 3.36. The average molecular weight is 499 g/mol. The van der Waals surface area contributed by atoms with Gasteiger partial charge in [0.1, 0.15) is 17.8 Å². The van der Waals surface area contributed by atoms with Crippen LogP contribution in [0.2, 0.25) is 0 Å². The Morgan fingerprint density at radius 3 is 2.50 bits per heavy atom. The van der Waals surface area contributed by atoms with Gasteiger partial charge >= 0.3 is 11.9 Å². The molecule has 36 heavy (non-hydrogen) atoms. The number of epoxide rings is 1. The second-order valence-corrected chi connectivity index (χ2v) is 12.7. The maximum Gasteiger partial charge on any atom is 0.339 e. The minimum Gasteiger partial charge on any atom is -0.472 e. The lowest BCUT2D eigenvalue weighted by molar-refractivity contribution is -0.277. The van der Waals surface area contributed by atoms with E-state index in [0.29, 0.717) is 18.4 Å². The van der Waals surface area contributed by atoms with Gasteiger partial charge in [-0.25, -0.2) is 4.79 Å². The van der Waals surface area contributed by atoms with Gasteiger partial charge in [-0.3, -0.25) is 9.59 Å². The lowest BCUT2D eigenvalue weighted by Crippen LogP contribution is -2.75. The minimum atomic E-state index is -1.03. The van der Waals surface area contributed by atoms with Gasteiger partial charge in [0.2, 0.25) is 0 Å². The highest BCUT2D eigenvalue weighted by Gasteiger charge is 2.89. The van der Waals surface area contributed by atoms with Crippen molar-refractivity contribution >= 4 is 17.7 Å². The van der Waals surface area contributed by atoms with Crippen LogP contribution in [-0.4, -0.2) is 46.7 Å². The molecule has 1 aromatic rings. The van der Waals surface area contributed by atoms with E-state index in [1.165, 1.54) is 13.2 Å². The molecular weight excluding hydrogens is 464 g/mol. The fourth-order valence-corrected chi connectivity index (χ4v) is 9.36. The lowest BCUT2D eigenvalue weighted by Gasteiger charge is -2.69. The molecule has 2 aliphatic heterocycles. The van der Waals surface area contributed by atoms with Crippen LogP contribution >= 0.6 is 0 Å². The highest BCUT2D eigenvalue weighted by atomic mass is 16.7. The van der Waals surface area contributed by atoms with E-state index in [2.05, 4.69) is 6.92 Å². The molecule has 194 valence electrons. The van der Waals surface area contributed by atoms with Crippen molar-refractivity contribution in [2.75, 3.05) is 0 Å². The van der Waals surface area contributed by atoms with Crippen molar-refractivity contribution < 1.29 is 38.1 Å². The number of ether oxygens (including phenoxy) is 3. The highest BCUT2D eigenvalue weighted by Crippen LogP contribution is 2.79. The number of rotatable bonds is 2. The van der Waals surface area contributed by atoms with Gasteiger partial charge in [-0.05, 0) is 36.3 Å². The molecule has 0 amide bonds. The van der Waals surface area contributed by atoms with E-state index in [-0.39, 0.29) is 11.7 Å². The Bertz CT molecular complexity index is 1180. The fourth-order valence-electron chi connectivity index (χ4n) is 9.36. The van der Waals surface area contributed by atoms with E-state index >= 15 is 0 Å². The van der Waals surface area contributed by atoms with Crippen LogP contribution in [0.4, 0.5) is 0 Å². The Balaban J connectivity index is 1.59. The molecule has 3 heterocycles. The highest BCUT2D eigenvalue weighted by molar-refractivity contribution is 5.96. The van der Waals surface area contributed by atoms with Crippen molar-refractivity contribution in [1.29, 1.82) is 0 Å². The van der Waals surface area contributed by atoms with Gasteiger partial charge in [0.25, 0.3) is 0 Å². The summed E-state index contributed by atoms with van der Waals surface area (Å²) in [4.78, 5) is 38.7. The molecule has 1 N–H and O–H groups in total. The van der Waals surface area contributed by atoms with Crippen molar-refractivity contribution in [3.05, 3.63) is 36.3 Å². The number of hydrogen-bond donors (Lipinski definition) is 1. The van der Waals surface area contributed by atoms with Crippen molar-refractivity contribution in [2.45, 2.75) is 84.4 Å². The van der Waals surface area contributed by atoms with E-state index in [4.69, 9.17) is 18.6 Å². The zero-order valence-corrected chi connectivity index (χ0v) is 21.6. The van der Waals surface area contributed by atoms with E-state index in [0.717, 1.165) is 0 Å². The van der Waals surface area contributed by atoms with E-state index in [1.807, 2.05) is 33.8 Å². The number of aliphatic hydroxyl groups is 1. The Morgan fingerprint density at radius 1 is 1.14 bits per heavy atom. The summed E-state index contributed by atoms with van der Waals surface area (Å²) in [5, 5.41) is 12.0. The number of aliphatic hydroxyl groups excluding tert-OH is 1. The molecule has 8 heteroatoms. The Kier molecular flexibility index (Phi) is 4.58. The Morgan fingerprint density at radius 2 is 1.86 bits per heavy atom. The molecule has 3 aliphatic carbocycles. The summed E-state index contributed by atoms with van der Waals surface area (Å²) in [5.41, 5.74) is -3.40. The van der Waals surface area contributed by atoms with Crippen LogP contribution in [0.1, 0.15) is 66.1 Å². The summed E-state index contributed by atoms with van der Waals surface area (Å²) < 4.78 is 23.7. The molecule has 5 aliphatic rings. The van der Waals surface area contributed by atoms with E-state index in [1.54, 1.807) is 18.4 Å². The summed E-state index contributed by atoms with van der Waals surface area (Å²) in [5.74, 6) is -1.51. The molecule has 1 spiro atoms. The number of cyclic esters (lactones) is 1. The number of esters is 2. The van der Waals surface area contributed by atoms with Crippen molar-refractivity contribution in [3.8, 4) is 0 Å². The monoisotopic (exact) mass is 498 g/mol. The van der Waals surface area contributed by atoms with Crippen molar-refractivity contribution in [1.82, 2.24) is 0 Å². The smallest absolute Gasteiger partial charge is 0.339 e. The van der Waals surface area contributed by atoms with E-state index < -0.39 is 69.5 Å². The van der Waals surface area contributed by atoms with Crippen LogP contribution < -0.4 is 0 Å². The van der Waals surface area contributed by atoms with Gasteiger partial charge in [0, 0.05) is 34.7 Å². The molecule has 2 saturated carbocycles. The Labute approximate surface area is 210 Å². The normalized spacial score (nSPS) is 50.2. The first-order chi connectivity index (χ1) is 16.7. The molecule has 0 radical (unpaired) electrons. The molecule has 10 atom stereocenters. The molecule has 4 fully saturated rings. The first-order valence-corrected chi connectivity index (χ1v) is 12.7. The summed E-state index contributed by atoms with van der Waals surface area (Å²) in [6.07, 6.45) is 4.35. The molecule has 8 nitrogen and oxygen atoms in total. The third-order valence-corrected chi connectivity index (χ3v) is 10.7. The quantitative estimate of drug-likeness (QED) is 0.486. The topological polar surface area (TPSA) is 116 Å². The zero-order valence-electron chi connectivity index (χ0n) is 21.6. The van der Waals surface area contributed by atoms with Crippen LogP contribution in [0.25, 0.3) is 0 Å². The van der Waals surface area contributed by atoms with Gasteiger partial charge in [0.15, 0.2) is 11.9 Å². The van der Waals surface area contributed by atoms with Gasteiger partial charge in [-0.15, -0.1) is 0 Å². The summed E-state index contributed by atoms with van der Waals surface area (Å²) in [6.45, 7) is 11.3. The van der Waals surface area contributed by atoms with Crippen LogP contribution in [0.3, 0.4) is 0 Å². The molecule has 0 bridgehead atoms. The molecular formula is C28H34O8. The molecule has 6 rings (SSSR count). The maximum atomic E-state index is 13.3. The van der Waals surface area contributed by atoms with Crippen LogP contribution in [-0.2, 0) is 28.6 Å².